The van der Waals surface area contributed by atoms with Gasteiger partial charge in [-0.3, -0.25) is 0 Å². The summed E-state index contributed by atoms with van der Waals surface area (Å²) in [5.41, 5.74) is 0. The lowest BCUT2D eigenvalue weighted by Gasteiger charge is -2.42. The predicted octanol–water partition coefficient (Wildman–Crippen LogP) is 8.41. The Labute approximate surface area is 181 Å². The lowest BCUT2D eigenvalue weighted by Crippen LogP contribution is -2.49. The van der Waals surface area contributed by atoms with E-state index in [-0.39, 0.29) is 0 Å². The Balaban J connectivity index is 1.34. The molecule has 0 radical (unpaired) electrons. The zero-order valence-corrected chi connectivity index (χ0v) is 18.5. The van der Waals surface area contributed by atoms with E-state index in [0.29, 0.717) is 0 Å². The monoisotopic (exact) mass is 404 g/mol. The normalized spacial score (nSPS) is 18.6. The molecule has 1 saturated heterocycles. The number of rotatable bonds is 12. The van der Waals surface area contributed by atoms with E-state index in [1.807, 2.05) is 0 Å². The predicted molar refractivity (Wildman–Crippen MR) is 127 cm³/mol. The van der Waals surface area contributed by atoms with Crippen molar-refractivity contribution in [3.05, 3.63) is 54.6 Å². The molecule has 0 aliphatic carbocycles. The molecule has 0 bridgehead atoms. The molecule has 0 amide bonds. The molecule has 2 heteroatoms. The fourth-order valence-corrected chi connectivity index (χ4v) is 4.59. The molecular weight excluding hydrogens is 368 g/mol. The van der Waals surface area contributed by atoms with Gasteiger partial charge in [0.05, 0.1) is 6.61 Å². The smallest absolute Gasteiger partial charge is 0.212 e. The lowest BCUT2D eigenvalue weighted by molar-refractivity contribution is -0.267. The standard InChI is InChI=1S/C28H36O2/c1-2-3-4-5-6-7-8-9-12-18-28(19-20-29-28)30-27-17-13-16-25-21-23-14-10-11-15-24(23)22-26(25)27/h10-11,13-17,21-22H,2-9,12,18-20H2,1H3. The molecular formula is C28H36O2. The first-order valence-electron chi connectivity index (χ1n) is 12.0. The molecule has 4 rings (SSSR count). The summed E-state index contributed by atoms with van der Waals surface area (Å²) in [6.45, 7) is 3.09. The van der Waals surface area contributed by atoms with E-state index in [0.717, 1.165) is 25.2 Å². The number of hydrogen-bond donors (Lipinski definition) is 0. The van der Waals surface area contributed by atoms with Gasteiger partial charge in [0, 0.05) is 18.2 Å². The van der Waals surface area contributed by atoms with Crippen molar-refractivity contribution in [3.63, 3.8) is 0 Å². The van der Waals surface area contributed by atoms with Gasteiger partial charge in [0.25, 0.3) is 0 Å². The highest BCUT2D eigenvalue weighted by Gasteiger charge is 2.40. The third-order valence-corrected chi connectivity index (χ3v) is 6.51. The van der Waals surface area contributed by atoms with Crippen molar-refractivity contribution in [1.82, 2.24) is 0 Å². The molecule has 0 spiro atoms. The van der Waals surface area contributed by atoms with Crippen molar-refractivity contribution >= 4 is 21.5 Å². The van der Waals surface area contributed by atoms with Gasteiger partial charge in [0.15, 0.2) is 0 Å². The second kappa shape index (κ2) is 10.3. The Morgan fingerprint density at radius 2 is 1.40 bits per heavy atom. The Morgan fingerprint density at radius 1 is 0.767 bits per heavy atom. The zero-order chi connectivity index (χ0) is 20.7. The van der Waals surface area contributed by atoms with Crippen LogP contribution in [-0.4, -0.2) is 12.4 Å². The van der Waals surface area contributed by atoms with Gasteiger partial charge < -0.3 is 9.47 Å². The van der Waals surface area contributed by atoms with Gasteiger partial charge in [-0.2, -0.15) is 0 Å². The van der Waals surface area contributed by atoms with Crippen LogP contribution in [-0.2, 0) is 4.74 Å². The average molecular weight is 405 g/mol. The summed E-state index contributed by atoms with van der Waals surface area (Å²) in [6.07, 6.45) is 14.1. The highest BCUT2D eigenvalue weighted by Crippen LogP contribution is 2.38. The van der Waals surface area contributed by atoms with Crippen molar-refractivity contribution < 1.29 is 9.47 Å². The molecule has 2 nitrogen and oxygen atoms in total. The second-order valence-electron chi connectivity index (χ2n) is 8.87. The van der Waals surface area contributed by atoms with Crippen LogP contribution in [0.15, 0.2) is 54.6 Å². The Kier molecular flexibility index (Phi) is 7.28. The third kappa shape index (κ3) is 5.16. The highest BCUT2D eigenvalue weighted by atomic mass is 16.7. The van der Waals surface area contributed by atoms with Crippen LogP contribution in [0.5, 0.6) is 5.75 Å². The van der Waals surface area contributed by atoms with E-state index < -0.39 is 5.79 Å². The van der Waals surface area contributed by atoms with E-state index in [4.69, 9.17) is 9.47 Å². The molecule has 3 aromatic rings. The van der Waals surface area contributed by atoms with Crippen LogP contribution in [0.2, 0.25) is 0 Å². The molecule has 160 valence electrons. The highest BCUT2D eigenvalue weighted by molar-refractivity contribution is 6.00. The zero-order valence-electron chi connectivity index (χ0n) is 18.5. The van der Waals surface area contributed by atoms with Gasteiger partial charge in [-0.25, -0.2) is 0 Å². The first kappa shape index (κ1) is 21.2. The SMILES string of the molecule is CCCCCCCCCCCC1(Oc2cccc3cc4ccccc4cc23)CCO1. The van der Waals surface area contributed by atoms with E-state index in [1.54, 1.807) is 0 Å². The summed E-state index contributed by atoms with van der Waals surface area (Å²) in [5, 5.41) is 4.93. The van der Waals surface area contributed by atoms with Crippen LogP contribution in [0.1, 0.15) is 77.6 Å². The van der Waals surface area contributed by atoms with Gasteiger partial charge in [-0.05, 0) is 40.8 Å². The Hall–Kier alpha value is -2.06. The third-order valence-electron chi connectivity index (χ3n) is 6.51. The van der Waals surface area contributed by atoms with Crippen molar-refractivity contribution in [2.24, 2.45) is 0 Å². The molecule has 1 unspecified atom stereocenters. The first-order valence-corrected chi connectivity index (χ1v) is 12.0. The number of hydrogen-bond acceptors (Lipinski definition) is 2. The first-order chi connectivity index (χ1) is 14.8. The molecule has 0 saturated carbocycles. The molecule has 1 heterocycles. The van der Waals surface area contributed by atoms with Gasteiger partial charge in [-0.1, -0.05) is 94.7 Å². The molecule has 1 aliphatic rings. The van der Waals surface area contributed by atoms with Crippen LogP contribution in [0.3, 0.4) is 0 Å². The fraction of sp³-hybridized carbons (Fsp3) is 0.500. The van der Waals surface area contributed by atoms with Crippen LogP contribution in [0, 0.1) is 0 Å². The van der Waals surface area contributed by atoms with Crippen LogP contribution in [0.25, 0.3) is 21.5 Å². The molecule has 3 aromatic carbocycles. The summed E-state index contributed by atoms with van der Waals surface area (Å²) >= 11 is 0. The van der Waals surface area contributed by atoms with E-state index in [9.17, 15) is 0 Å². The maximum Gasteiger partial charge on any atom is 0.212 e. The van der Waals surface area contributed by atoms with Gasteiger partial charge in [0.1, 0.15) is 5.75 Å². The van der Waals surface area contributed by atoms with Crippen LogP contribution >= 0.6 is 0 Å². The maximum atomic E-state index is 6.55. The summed E-state index contributed by atoms with van der Waals surface area (Å²) in [4.78, 5) is 0. The summed E-state index contributed by atoms with van der Waals surface area (Å²) < 4.78 is 12.6. The number of fused-ring (bicyclic) bond motifs is 2. The van der Waals surface area contributed by atoms with Crippen molar-refractivity contribution in [2.45, 2.75) is 83.3 Å². The summed E-state index contributed by atoms with van der Waals surface area (Å²) in [5.74, 6) is 0.537. The maximum absolute atomic E-state index is 6.55. The van der Waals surface area contributed by atoms with Crippen molar-refractivity contribution in [3.8, 4) is 5.75 Å². The molecule has 0 aromatic heterocycles. The molecule has 30 heavy (non-hydrogen) atoms. The minimum Gasteiger partial charge on any atom is -0.462 e. The number of benzene rings is 3. The molecule has 1 aliphatic heterocycles. The van der Waals surface area contributed by atoms with Gasteiger partial charge in [0.2, 0.25) is 5.79 Å². The number of ether oxygens (including phenoxy) is 2. The fourth-order valence-electron chi connectivity index (χ4n) is 4.59. The number of unbranched alkanes of at least 4 members (excludes halogenated alkanes) is 8. The largest absolute Gasteiger partial charge is 0.462 e. The minimum atomic E-state index is -0.416. The Morgan fingerprint density at radius 3 is 2.07 bits per heavy atom. The van der Waals surface area contributed by atoms with Crippen molar-refractivity contribution in [1.29, 1.82) is 0 Å². The minimum absolute atomic E-state index is 0.416. The lowest BCUT2D eigenvalue weighted by atomic mass is 9.98. The quantitative estimate of drug-likeness (QED) is 0.223. The van der Waals surface area contributed by atoms with E-state index in [2.05, 4.69) is 61.5 Å². The van der Waals surface area contributed by atoms with Crippen LogP contribution < -0.4 is 4.74 Å². The van der Waals surface area contributed by atoms with Crippen LogP contribution in [0.4, 0.5) is 0 Å². The topological polar surface area (TPSA) is 18.5 Å². The molecule has 1 fully saturated rings. The van der Waals surface area contributed by atoms with Crippen molar-refractivity contribution in [2.75, 3.05) is 6.61 Å². The summed E-state index contributed by atoms with van der Waals surface area (Å²) in [7, 11) is 0. The van der Waals surface area contributed by atoms with E-state index in [1.165, 1.54) is 79.3 Å². The average Bonchev–Trinajstić information content (AvgIpc) is 2.75. The van der Waals surface area contributed by atoms with Gasteiger partial charge >= 0.3 is 0 Å². The second-order valence-corrected chi connectivity index (χ2v) is 8.87. The summed E-state index contributed by atoms with van der Waals surface area (Å²) in [6, 6.07) is 19.4. The molecule has 0 N–H and O–H groups in total. The Bertz CT molecular complexity index is 942. The van der Waals surface area contributed by atoms with Gasteiger partial charge in [-0.15, -0.1) is 0 Å². The molecule has 1 atom stereocenters. The van der Waals surface area contributed by atoms with E-state index >= 15 is 0 Å².